The molecule has 66 valence electrons. The summed E-state index contributed by atoms with van der Waals surface area (Å²) in [6, 6.07) is 0.421. The summed E-state index contributed by atoms with van der Waals surface area (Å²) in [5, 5.41) is 8.12. The first kappa shape index (κ1) is 7.73. The molecule has 0 aliphatic carbocycles. The van der Waals surface area contributed by atoms with Crippen LogP contribution in [0.2, 0.25) is 0 Å². The first-order valence-electron chi connectivity index (χ1n) is 4.27. The monoisotopic (exact) mass is 167 g/mol. The average molecular weight is 167 g/mol. The molecule has 1 aliphatic heterocycles. The second-order valence-electron chi connectivity index (χ2n) is 3.47. The Morgan fingerprint density at radius 3 is 2.75 bits per heavy atom. The number of aromatic nitrogens is 3. The van der Waals surface area contributed by atoms with Crippen LogP contribution in [0.25, 0.3) is 0 Å². The van der Waals surface area contributed by atoms with Crippen LogP contribution in [0.3, 0.4) is 0 Å². The van der Waals surface area contributed by atoms with Gasteiger partial charge in [0, 0.05) is 6.20 Å². The zero-order valence-electron chi connectivity index (χ0n) is 7.40. The fourth-order valence-corrected chi connectivity index (χ4v) is 1.11. The van der Waals surface area contributed by atoms with E-state index in [4.69, 9.17) is 4.74 Å². The molecule has 4 nitrogen and oxygen atoms in total. The summed E-state index contributed by atoms with van der Waals surface area (Å²) in [4.78, 5) is 0. The third-order valence-corrected chi connectivity index (χ3v) is 2.11. The molecule has 0 N–H and O–H groups in total. The second-order valence-corrected chi connectivity index (χ2v) is 3.47. The first-order valence-corrected chi connectivity index (χ1v) is 4.27. The number of rotatable bonds is 2. The second kappa shape index (κ2) is 2.86. The molecule has 0 radical (unpaired) electrons. The molecule has 0 bridgehead atoms. The van der Waals surface area contributed by atoms with Crippen LogP contribution >= 0.6 is 0 Å². The molecule has 12 heavy (non-hydrogen) atoms. The van der Waals surface area contributed by atoms with Gasteiger partial charge in [0.2, 0.25) is 0 Å². The molecule has 4 heteroatoms. The van der Waals surface area contributed by atoms with Crippen LogP contribution in [0, 0.1) is 0 Å². The van der Waals surface area contributed by atoms with Gasteiger partial charge in [0.15, 0.2) is 0 Å². The summed E-state index contributed by atoms with van der Waals surface area (Å²) >= 11 is 0. The summed E-state index contributed by atoms with van der Waals surface area (Å²) in [7, 11) is 0. The molecular weight excluding hydrogens is 154 g/mol. The Bertz CT molecular complexity index is 265. The van der Waals surface area contributed by atoms with Crippen LogP contribution in [-0.4, -0.2) is 28.2 Å². The Balaban J connectivity index is 2.12. The molecule has 1 aliphatic rings. The maximum Gasteiger partial charge on any atom is 0.100 e. The topological polar surface area (TPSA) is 39.9 Å². The Kier molecular flexibility index (Phi) is 1.84. The SMILES string of the molecule is CC(C)c1cn(C2COC2)nn1. The van der Waals surface area contributed by atoms with Crippen LogP contribution in [0.5, 0.6) is 0 Å². The van der Waals surface area contributed by atoms with E-state index in [9.17, 15) is 0 Å². The lowest BCUT2D eigenvalue weighted by molar-refractivity contribution is -0.0294. The summed E-state index contributed by atoms with van der Waals surface area (Å²) in [6.07, 6.45) is 2.01. The molecule has 1 fully saturated rings. The van der Waals surface area contributed by atoms with Gasteiger partial charge >= 0.3 is 0 Å². The Labute approximate surface area is 71.5 Å². The highest BCUT2D eigenvalue weighted by Crippen LogP contribution is 2.17. The number of hydrogen-bond acceptors (Lipinski definition) is 3. The minimum absolute atomic E-state index is 0.421. The average Bonchev–Trinajstić information content (AvgIpc) is 2.32. The Morgan fingerprint density at radius 1 is 1.58 bits per heavy atom. The van der Waals surface area contributed by atoms with Crippen molar-refractivity contribution in [1.29, 1.82) is 0 Å². The minimum atomic E-state index is 0.421. The van der Waals surface area contributed by atoms with E-state index < -0.39 is 0 Å². The largest absolute Gasteiger partial charge is 0.377 e. The van der Waals surface area contributed by atoms with Crippen LogP contribution in [0.1, 0.15) is 31.5 Å². The van der Waals surface area contributed by atoms with Gasteiger partial charge in [0.1, 0.15) is 6.04 Å². The van der Waals surface area contributed by atoms with Crippen molar-refractivity contribution in [3.63, 3.8) is 0 Å². The van der Waals surface area contributed by atoms with Gasteiger partial charge < -0.3 is 4.74 Å². The summed E-state index contributed by atoms with van der Waals surface area (Å²) in [5.74, 6) is 0.458. The molecule has 1 saturated heterocycles. The standard InChI is InChI=1S/C8H13N3O/c1-6(2)8-3-11(10-9-8)7-4-12-5-7/h3,6-7H,4-5H2,1-2H3. The van der Waals surface area contributed by atoms with Gasteiger partial charge in [-0.1, -0.05) is 19.1 Å². The third kappa shape index (κ3) is 1.22. The van der Waals surface area contributed by atoms with Gasteiger partial charge in [0.25, 0.3) is 0 Å². The lowest BCUT2D eigenvalue weighted by Gasteiger charge is -2.25. The lowest BCUT2D eigenvalue weighted by atomic mass is 10.1. The van der Waals surface area contributed by atoms with Crippen LogP contribution in [0.4, 0.5) is 0 Å². The number of nitrogens with zero attached hydrogens (tertiary/aromatic N) is 3. The van der Waals surface area contributed by atoms with Crippen LogP contribution < -0.4 is 0 Å². The van der Waals surface area contributed by atoms with Crippen molar-refractivity contribution >= 4 is 0 Å². The molecule has 2 rings (SSSR count). The smallest absolute Gasteiger partial charge is 0.100 e. The highest BCUT2D eigenvalue weighted by atomic mass is 16.5. The lowest BCUT2D eigenvalue weighted by Crippen LogP contribution is -2.30. The van der Waals surface area contributed by atoms with Crippen molar-refractivity contribution in [3.8, 4) is 0 Å². The Morgan fingerprint density at radius 2 is 2.33 bits per heavy atom. The summed E-state index contributed by atoms with van der Waals surface area (Å²) in [6.45, 7) is 5.79. The zero-order chi connectivity index (χ0) is 8.55. The predicted octanol–water partition coefficient (Wildman–Crippen LogP) is 0.973. The molecule has 1 aromatic rings. The van der Waals surface area contributed by atoms with Gasteiger partial charge in [-0.25, -0.2) is 4.68 Å². The molecule has 0 unspecified atom stereocenters. The molecule has 0 spiro atoms. The first-order chi connectivity index (χ1) is 5.77. The Hall–Kier alpha value is -0.900. The van der Waals surface area contributed by atoms with Crippen molar-refractivity contribution in [2.45, 2.75) is 25.8 Å². The van der Waals surface area contributed by atoms with E-state index in [0.29, 0.717) is 12.0 Å². The van der Waals surface area contributed by atoms with E-state index in [-0.39, 0.29) is 0 Å². The molecular formula is C8H13N3O. The molecule has 0 aromatic carbocycles. The van der Waals surface area contributed by atoms with Crippen molar-refractivity contribution < 1.29 is 4.74 Å². The van der Waals surface area contributed by atoms with E-state index in [1.165, 1.54) is 0 Å². The number of hydrogen-bond donors (Lipinski definition) is 0. The van der Waals surface area contributed by atoms with Gasteiger partial charge in [0.05, 0.1) is 18.9 Å². The van der Waals surface area contributed by atoms with E-state index >= 15 is 0 Å². The van der Waals surface area contributed by atoms with Gasteiger partial charge in [-0.2, -0.15) is 0 Å². The fraction of sp³-hybridized carbons (Fsp3) is 0.750. The highest BCUT2D eigenvalue weighted by molar-refractivity contribution is 4.99. The van der Waals surface area contributed by atoms with E-state index in [1.807, 2.05) is 10.9 Å². The van der Waals surface area contributed by atoms with Crippen molar-refractivity contribution in [2.75, 3.05) is 13.2 Å². The van der Waals surface area contributed by atoms with Gasteiger partial charge in [-0.15, -0.1) is 5.10 Å². The minimum Gasteiger partial charge on any atom is -0.377 e. The van der Waals surface area contributed by atoms with E-state index in [2.05, 4.69) is 24.2 Å². The summed E-state index contributed by atoms with van der Waals surface area (Å²) < 4.78 is 6.97. The summed E-state index contributed by atoms with van der Waals surface area (Å²) in [5.41, 5.74) is 1.06. The normalized spacial score (nSPS) is 18.2. The van der Waals surface area contributed by atoms with Crippen molar-refractivity contribution in [1.82, 2.24) is 15.0 Å². The quantitative estimate of drug-likeness (QED) is 0.659. The zero-order valence-corrected chi connectivity index (χ0v) is 7.40. The molecule has 2 heterocycles. The maximum absolute atomic E-state index is 5.07. The van der Waals surface area contributed by atoms with Crippen LogP contribution in [0.15, 0.2) is 6.20 Å². The molecule has 1 aromatic heterocycles. The van der Waals surface area contributed by atoms with Crippen molar-refractivity contribution in [3.05, 3.63) is 11.9 Å². The molecule has 0 saturated carbocycles. The molecule has 0 amide bonds. The predicted molar refractivity (Wildman–Crippen MR) is 44.0 cm³/mol. The van der Waals surface area contributed by atoms with E-state index in [0.717, 1.165) is 18.9 Å². The van der Waals surface area contributed by atoms with Crippen LogP contribution in [-0.2, 0) is 4.74 Å². The third-order valence-electron chi connectivity index (χ3n) is 2.11. The van der Waals surface area contributed by atoms with E-state index in [1.54, 1.807) is 0 Å². The van der Waals surface area contributed by atoms with Crippen molar-refractivity contribution in [2.24, 2.45) is 0 Å². The molecule has 0 atom stereocenters. The maximum atomic E-state index is 5.07. The van der Waals surface area contributed by atoms with Gasteiger partial charge in [-0.3, -0.25) is 0 Å². The fourth-order valence-electron chi connectivity index (χ4n) is 1.11. The number of ether oxygens (including phenoxy) is 1. The van der Waals surface area contributed by atoms with Gasteiger partial charge in [-0.05, 0) is 5.92 Å². The highest BCUT2D eigenvalue weighted by Gasteiger charge is 2.21.